The van der Waals surface area contributed by atoms with Crippen molar-refractivity contribution < 1.29 is 19.4 Å². The minimum Gasteiger partial charge on any atom is -0.390 e. The fraction of sp³-hybridized carbons (Fsp3) is 0.462. The molecule has 1 rings (SSSR count). The van der Waals surface area contributed by atoms with Crippen LogP contribution in [0, 0.1) is 5.82 Å². The van der Waals surface area contributed by atoms with Gasteiger partial charge in [0.05, 0.1) is 6.10 Å². The number of ketones is 1. The van der Waals surface area contributed by atoms with Gasteiger partial charge in [-0.15, -0.1) is 0 Å². The van der Waals surface area contributed by atoms with Crippen LogP contribution in [0.3, 0.4) is 0 Å². The van der Waals surface area contributed by atoms with Crippen molar-refractivity contribution in [2.75, 3.05) is 13.6 Å². The maximum atomic E-state index is 13.1. The number of nitrogens with one attached hydrogen (secondary N) is 1. The van der Waals surface area contributed by atoms with Gasteiger partial charge in [-0.05, 0) is 44.6 Å². The van der Waals surface area contributed by atoms with Crippen LogP contribution in [0.2, 0.25) is 0 Å². The largest absolute Gasteiger partial charge is 0.390 e. The molecule has 100 valence electrons. The number of carbonyl (C=O) groups is 1. The molecule has 1 aromatic rings. The number of benzene rings is 1. The zero-order valence-electron chi connectivity index (χ0n) is 10.5. The van der Waals surface area contributed by atoms with Crippen LogP contribution in [-0.4, -0.2) is 35.7 Å². The Balaban J connectivity index is 2.97. The fourth-order valence-electron chi connectivity index (χ4n) is 1.75. The number of halogens is 1. The molecule has 0 saturated carbocycles. The zero-order chi connectivity index (χ0) is 13.7. The van der Waals surface area contributed by atoms with Crippen LogP contribution in [0.1, 0.15) is 35.4 Å². The van der Waals surface area contributed by atoms with Crippen molar-refractivity contribution in [1.82, 2.24) is 5.32 Å². The Kier molecular flexibility index (Phi) is 5.40. The quantitative estimate of drug-likeness (QED) is 0.664. The Bertz CT molecular complexity index is 423. The van der Waals surface area contributed by atoms with E-state index >= 15 is 0 Å². The monoisotopic (exact) mass is 255 g/mol. The minimum atomic E-state index is -1.20. The highest BCUT2D eigenvalue weighted by Crippen LogP contribution is 2.24. The highest BCUT2D eigenvalue weighted by Gasteiger charge is 2.22. The maximum Gasteiger partial charge on any atom is 0.160 e. The average Bonchev–Trinajstić information content (AvgIpc) is 2.34. The lowest BCUT2D eigenvalue weighted by Gasteiger charge is -2.20. The van der Waals surface area contributed by atoms with E-state index in [2.05, 4.69) is 5.32 Å². The summed E-state index contributed by atoms with van der Waals surface area (Å²) in [6.45, 7) is 1.83. The third-order valence-corrected chi connectivity index (χ3v) is 2.77. The summed E-state index contributed by atoms with van der Waals surface area (Å²) in [5.41, 5.74) is 0.360. The molecule has 1 aromatic carbocycles. The molecular weight excluding hydrogens is 237 g/mol. The minimum absolute atomic E-state index is 0.103. The maximum absolute atomic E-state index is 13.1. The Morgan fingerprint density at radius 2 is 2.11 bits per heavy atom. The lowest BCUT2D eigenvalue weighted by atomic mass is 9.95. The fourth-order valence-corrected chi connectivity index (χ4v) is 1.75. The summed E-state index contributed by atoms with van der Waals surface area (Å²) >= 11 is 0. The summed E-state index contributed by atoms with van der Waals surface area (Å²) < 4.78 is 13.1. The summed E-state index contributed by atoms with van der Waals surface area (Å²) in [6, 6.07) is 3.57. The molecule has 0 heterocycles. The van der Waals surface area contributed by atoms with Crippen LogP contribution >= 0.6 is 0 Å². The van der Waals surface area contributed by atoms with E-state index in [0.717, 1.165) is 12.1 Å². The van der Waals surface area contributed by atoms with E-state index in [-0.39, 0.29) is 16.9 Å². The molecule has 2 atom stereocenters. The average molecular weight is 255 g/mol. The first-order valence-corrected chi connectivity index (χ1v) is 5.78. The first-order chi connectivity index (χ1) is 8.47. The molecule has 0 aromatic heterocycles. The van der Waals surface area contributed by atoms with Crippen LogP contribution in [0.4, 0.5) is 4.39 Å². The Labute approximate surface area is 105 Å². The van der Waals surface area contributed by atoms with Crippen molar-refractivity contribution in [3.05, 3.63) is 35.1 Å². The number of rotatable bonds is 6. The van der Waals surface area contributed by atoms with Crippen LogP contribution in [0.15, 0.2) is 18.2 Å². The second-order valence-corrected chi connectivity index (χ2v) is 4.19. The van der Waals surface area contributed by atoms with Gasteiger partial charge in [0, 0.05) is 5.56 Å². The SMILES string of the molecule is CNCCC(O)C(O)c1ccc(F)cc1C(C)=O. The van der Waals surface area contributed by atoms with Crippen LogP contribution in [-0.2, 0) is 0 Å². The molecule has 0 radical (unpaired) electrons. The van der Waals surface area contributed by atoms with Gasteiger partial charge in [0.25, 0.3) is 0 Å². The van der Waals surface area contributed by atoms with Crippen molar-refractivity contribution in [2.24, 2.45) is 0 Å². The first-order valence-electron chi connectivity index (χ1n) is 5.78. The number of hydrogen-bond acceptors (Lipinski definition) is 4. The van der Waals surface area contributed by atoms with E-state index in [4.69, 9.17) is 0 Å². The lowest BCUT2D eigenvalue weighted by molar-refractivity contribution is 0.0135. The molecule has 18 heavy (non-hydrogen) atoms. The number of aliphatic hydroxyl groups excluding tert-OH is 2. The number of hydrogen-bond donors (Lipinski definition) is 3. The van der Waals surface area contributed by atoms with Crippen LogP contribution < -0.4 is 5.32 Å². The highest BCUT2D eigenvalue weighted by molar-refractivity contribution is 5.95. The summed E-state index contributed by atoms with van der Waals surface area (Å²) in [7, 11) is 1.73. The van der Waals surface area contributed by atoms with Gasteiger partial charge in [-0.25, -0.2) is 4.39 Å². The molecule has 0 bridgehead atoms. The van der Waals surface area contributed by atoms with Gasteiger partial charge < -0.3 is 15.5 Å². The second kappa shape index (κ2) is 6.58. The Morgan fingerprint density at radius 3 is 2.67 bits per heavy atom. The molecule has 0 saturated heterocycles. The first kappa shape index (κ1) is 14.8. The smallest absolute Gasteiger partial charge is 0.160 e. The van der Waals surface area contributed by atoms with Crippen LogP contribution in [0.5, 0.6) is 0 Å². The predicted molar refractivity (Wildman–Crippen MR) is 65.9 cm³/mol. The molecule has 5 heteroatoms. The molecule has 0 aliphatic heterocycles. The third-order valence-electron chi connectivity index (χ3n) is 2.77. The molecular formula is C13H18FNO3. The number of carbonyl (C=O) groups excluding carboxylic acids is 1. The Morgan fingerprint density at radius 1 is 1.44 bits per heavy atom. The molecule has 4 nitrogen and oxygen atoms in total. The number of aliphatic hydroxyl groups is 2. The molecule has 0 aliphatic rings. The van der Waals surface area contributed by atoms with E-state index in [1.165, 1.54) is 13.0 Å². The van der Waals surface area contributed by atoms with Gasteiger partial charge in [0.15, 0.2) is 5.78 Å². The van der Waals surface area contributed by atoms with Gasteiger partial charge in [-0.3, -0.25) is 4.79 Å². The summed E-state index contributed by atoms with van der Waals surface area (Å²) in [4.78, 5) is 11.4. The molecule has 2 unspecified atom stereocenters. The summed E-state index contributed by atoms with van der Waals surface area (Å²) in [6.07, 6.45) is -1.86. The topological polar surface area (TPSA) is 69.6 Å². The molecule has 0 fully saturated rings. The normalized spacial score (nSPS) is 14.3. The lowest BCUT2D eigenvalue weighted by Crippen LogP contribution is -2.24. The van der Waals surface area contributed by atoms with E-state index in [0.29, 0.717) is 13.0 Å². The van der Waals surface area contributed by atoms with Gasteiger partial charge in [0.1, 0.15) is 11.9 Å². The van der Waals surface area contributed by atoms with E-state index in [1.807, 2.05) is 0 Å². The van der Waals surface area contributed by atoms with E-state index in [9.17, 15) is 19.4 Å². The predicted octanol–water partition coefficient (Wildman–Crippen LogP) is 1.03. The van der Waals surface area contributed by atoms with Crippen molar-refractivity contribution in [3.8, 4) is 0 Å². The van der Waals surface area contributed by atoms with Crippen molar-refractivity contribution in [3.63, 3.8) is 0 Å². The van der Waals surface area contributed by atoms with E-state index < -0.39 is 18.0 Å². The van der Waals surface area contributed by atoms with Gasteiger partial charge in [-0.2, -0.15) is 0 Å². The van der Waals surface area contributed by atoms with E-state index in [1.54, 1.807) is 7.05 Å². The standard InChI is InChI=1S/C13H18FNO3/c1-8(16)11-7-9(14)3-4-10(11)13(18)12(17)5-6-15-2/h3-4,7,12-13,15,17-18H,5-6H2,1-2H3. The van der Waals surface area contributed by atoms with Crippen LogP contribution in [0.25, 0.3) is 0 Å². The molecule has 0 amide bonds. The van der Waals surface area contributed by atoms with Gasteiger partial charge in [0.2, 0.25) is 0 Å². The second-order valence-electron chi connectivity index (χ2n) is 4.19. The van der Waals surface area contributed by atoms with Crippen molar-refractivity contribution >= 4 is 5.78 Å². The number of Topliss-reactive ketones (excluding diaryl/α,β-unsaturated/α-hetero) is 1. The van der Waals surface area contributed by atoms with Crippen molar-refractivity contribution in [2.45, 2.75) is 25.6 Å². The summed E-state index contributed by atoms with van der Waals surface area (Å²) in [5.74, 6) is -0.884. The highest BCUT2D eigenvalue weighted by atomic mass is 19.1. The van der Waals surface area contributed by atoms with Gasteiger partial charge in [-0.1, -0.05) is 6.07 Å². The Hall–Kier alpha value is -1.30. The zero-order valence-corrected chi connectivity index (χ0v) is 10.5. The van der Waals surface area contributed by atoms with Crippen molar-refractivity contribution in [1.29, 1.82) is 0 Å². The summed E-state index contributed by atoms with van der Waals surface area (Å²) in [5, 5.41) is 22.6. The van der Waals surface area contributed by atoms with Gasteiger partial charge >= 0.3 is 0 Å². The molecule has 0 spiro atoms. The molecule has 0 aliphatic carbocycles. The molecule has 3 N–H and O–H groups in total. The third kappa shape index (κ3) is 3.60.